The second-order valence-corrected chi connectivity index (χ2v) is 4.96. The molecule has 20 heavy (non-hydrogen) atoms. The number of nitrogens with one attached hydrogen (secondary N) is 3. The number of hydrogen-bond donors (Lipinski definition) is 3. The van der Waals surface area contributed by atoms with Crippen LogP contribution in [-0.2, 0) is 0 Å². The minimum absolute atomic E-state index is 0.366. The molecule has 2 rings (SSSR count). The molecule has 104 valence electrons. The Bertz CT molecular complexity index is 625. The van der Waals surface area contributed by atoms with Crippen molar-refractivity contribution in [3.05, 3.63) is 46.5 Å². The molecule has 0 saturated heterocycles. The van der Waals surface area contributed by atoms with Gasteiger partial charge in [0.1, 0.15) is 4.88 Å². The summed E-state index contributed by atoms with van der Waals surface area (Å²) >= 11 is 1.23. The smallest absolute Gasteiger partial charge is 0.281 e. The maximum absolute atomic E-state index is 11.9. The van der Waals surface area contributed by atoms with E-state index < -0.39 is 0 Å². The number of rotatable bonds is 3. The van der Waals surface area contributed by atoms with Crippen LogP contribution in [0.15, 0.2) is 30.3 Å². The average molecular weight is 290 g/mol. The molecule has 1 aromatic carbocycles. The highest BCUT2D eigenvalue weighted by Gasteiger charge is 2.15. The van der Waals surface area contributed by atoms with Crippen molar-refractivity contribution in [2.24, 2.45) is 0 Å². The quantitative estimate of drug-likeness (QED) is 0.749. The van der Waals surface area contributed by atoms with Gasteiger partial charge in [-0.05, 0) is 19.1 Å². The molecule has 2 amide bonds. The standard InChI is InChI=1S/C13H14N4O2S/c1-8-10(20-13(14-2)15-8)12(19)17-16-11(18)9-6-4-3-5-7-9/h3-7H,1-2H3,(H,14,15)(H,16,18)(H,17,19). The van der Waals surface area contributed by atoms with Crippen LogP contribution in [0.25, 0.3) is 0 Å². The maximum atomic E-state index is 11.9. The first kappa shape index (κ1) is 14.0. The molecule has 0 saturated carbocycles. The van der Waals surface area contributed by atoms with Crippen molar-refractivity contribution < 1.29 is 9.59 Å². The average Bonchev–Trinajstić information content (AvgIpc) is 2.86. The summed E-state index contributed by atoms with van der Waals surface area (Å²) in [4.78, 5) is 28.4. The Hall–Kier alpha value is -2.41. The van der Waals surface area contributed by atoms with Crippen LogP contribution >= 0.6 is 11.3 Å². The van der Waals surface area contributed by atoms with E-state index in [9.17, 15) is 9.59 Å². The van der Waals surface area contributed by atoms with Gasteiger partial charge in [0.2, 0.25) is 0 Å². The molecule has 1 heterocycles. The molecule has 0 aliphatic rings. The fourth-order valence-corrected chi connectivity index (χ4v) is 2.36. The number of benzene rings is 1. The minimum Gasteiger partial charge on any atom is -0.365 e. The van der Waals surface area contributed by atoms with Crippen LogP contribution in [0, 0.1) is 6.92 Å². The number of hydrazine groups is 1. The van der Waals surface area contributed by atoms with E-state index in [-0.39, 0.29) is 11.8 Å². The van der Waals surface area contributed by atoms with Crippen molar-refractivity contribution in [1.82, 2.24) is 15.8 Å². The van der Waals surface area contributed by atoms with Gasteiger partial charge < -0.3 is 5.32 Å². The molecular weight excluding hydrogens is 276 g/mol. The lowest BCUT2D eigenvalue weighted by Gasteiger charge is -2.06. The second-order valence-electron chi connectivity index (χ2n) is 3.96. The van der Waals surface area contributed by atoms with Gasteiger partial charge in [0.25, 0.3) is 11.8 Å². The van der Waals surface area contributed by atoms with Crippen LogP contribution in [-0.4, -0.2) is 23.8 Å². The van der Waals surface area contributed by atoms with E-state index in [2.05, 4.69) is 21.2 Å². The molecule has 0 fully saturated rings. The zero-order chi connectivity index (χ0) is 14.5. The SMILES string of the molecule is CNc1nc(C)c(C(=O)NNC(=O)c2ccccc2)s1. The van der Waals surface area contributed by atoms with Gasteiger partial charge in [-0.2, -0.15) is 0 Å². The molecule has 0 bridgehead atoms. The molecule has 7 heteroatoms. The predicted octanol–water partition coefficient (Wildman–Crippen LogP) is 1.57. The lowest BCUT2D eigenvalue weighted by molar-refractivity contribution is 0.0848. The first-order chi connectivity index (χ1) is 9.61. The van der Waals surface area contributed by atoms with Crippen LogP contribution in [0.1, 0.15) is 25.7 Å². The predicted molar refractivity (Wildman–Crippen MR) is 77.8 cm³/mol. The fraction of sp³-hybridized carbons (Fsp3) is 0.154. The summed E-state index contributed by atoms with van der Waals surface area (Å²) in [6.07, 6.45) is 0. The number of carbonyl (C=O) groups excluding carboxylic acids is 2. The van der Waals surface area contributed by atoms with Crippen molar-refractivity contribution in [3.63, 3.8) is 0 Å². The number of aromatic nitrogens is 1. The summed E-state index contributed by atoms with van der Waals surface area (Å²) in [5, 5.41) is 3.53. The van der Waals surface area contributed by atoms with Crippen LogP contribution in [0.2, 0.25) is 0 Å². The Morgan fingerprint density at radius 1 is 1.10 bits per heavy atom. The van der Waals surface area contributed by atoms with Gasteiger partial charge in [0.15, 0.2) is 5.13 Å². The molecular formula is C13H14N4O2S. The third-order valence-electron chi connectivity index (χ3n) is 2.54. The van der Waals surface area contributed by atoms with Crippen LogP contribution in [0.4, 0.5) is 5.13 Å². The number of thiazole rings is 1. The van der Waals surface area contributed by atoms with Gasteiger partial charge in [0, 0.05) is 12.6 Å². The monoisotopic (exact) mass is 290 g/mol. The summed E-state index contributed by atoms with van der Waals surface area (Å²) in [5.41, 5.74) is 5.84. The number of nitrogens with zero attached hydrogens (tertiary/aromatic N) is 1. The molecule has 0 atom stereocenters. The zero-order valence-corrected chi connectivity index (χ0v) is 11.9. The van der Waals surface area contributed by atoms with Crippen LogP contribution in [0.5, 0.6) is 0 Å². The molecule has 0 unspecified atom stereocenters. The number of anilines is 1. The van der Waals surface area contributed by atoms with E-state index in [1.165, 1.54) is 11.3 Å². The largest absolute Gasteiger partial charge is 0.365 e. The summed E-state index contributed by atoms with van der Waals surface area (Å²) in [6.45, 7) is 1.74. The Balaban J connectivity index is 1.98. The highest BCUT2D eigenvalue weighted by molar-refractivity contribution is 7.17. The Labute approximate surface area is 120 Å². The maximum Gasteiger partial charge on any atom is 0.281 e. The van der Waals surface area contributed by atoms with Gasteiger partial charge >= 0.3 is 0 Å². The molecule has 0 spiro atoms. The molecule has 0 aliphatic heterocycles. The van der Waals surface area contributed by atoms with E-state index in [0.717, 1.165) is 0 Å². The van der Waals surface area contributed by atoms with Gasteiger partial charge in [-0.15, -0.1) is 0 Å². The normalized spacial score (nSPS) is 9.90. The molecule has 3 N–H and O–H groups in total. The van der Waals surface area contributed by atoms with E-state index in [0.29, 0.717) is 21.3 Å². The van der Waals surface area contributed by atoms with Crippen molar-refractivity contribution in [3.8, 4) is 0 Å². The van der Waals surface area contributed by atoms with Crippen molar-refractivity contribution >= 4 is 28.3 Å². The van der Waals surface area contributed by atoms with Crippen LogP contribution in [0.3, 0.4) is 0 Å². The minimum atomic E-state index is -0.384. The number of amides is 2. The summed E-state index contributed by atoms with van der Waals surface area (Å²) in [6, 6.07) is 8.65. The third-order valence-corrected chi connectivity index (χ3v) is 3.72. The third kappa shape index (κ3) is 3.12. The Morgan fingerprint density at radius 2 is 1.75 bits per heavy atom. The van der Waals surface area contributed by atoms with Crippen molar-refractivity contribution in [2.75, 3.05) is 12.4 Å². The highest BCUT2D eigenvalue weighted by Crippen LogP contribution is 2.21. The molecule has 2 aromatic rings. The summed E-state index contributed by atoms with van der Waals surface area (Å²) < 4.78 is 0. The lowest BCUT2D eigenvalue weighted by Crippen LogP contribution is -2.41. The molecule has 0 radical (unpaired) electrons. The second kappa shape index (κ2) is 6.16. The lowest BCUT2D eigenvalue weighted by atomic mass is 10.2. The molecule has 0 aliphatic carbocycles. The first-order valence-corrected chi connectivity index (χ1v) is 6.74. The Kier molecular flexibility index (Phi) is 4.31. The first-order valence-electron chi connectivity index (χ1n) is 5.92. The van der Waals surface area contributed by atoms with Gasteiger partial charge in [-0.3, -0.25) is 20.4 Å². The fourth-order valence-electron chi connectivity index (χ4n) is 1.55. The van der Waals surface area contributed by atoms with E-state index >= 15 is 0 Å². The number of hydrogen-bond acceptors (Lipinski definition) is 5. The topological polar surface area (TPSA) is 83.1 Å². The molecule has 6 nitrogen and oxygen atoms in total. The molecule has 1 aromatic heterocycles. The van der Waals surface area contributed by atoms with Gasteiger partial charge in [0.05, 0.1) is 5.69 Å². The summed E-state index contributed by atoms with van der Waals surface area (Å²) in [5.74, 6) is -0.749. The number of aryl methyl sites for hydroxylation is 1. The van der Waals surface area contributed by atoms with E-state index in [4.69, 9.17) is 0 Å². The van der Waals surface area contributed by atoms with Crippen molar-refractivity contribution in [2.45, 2.75) is 6.92 Å². The van der Waals surface area contributed by atoms with Crippen molar-refractivity contribution in [1.29, 1.82) is 0 Å². The van der Waals surface area contributed by atoms with Gasteiger partial charge in [-0.25, -0.2) is 4.98 Å². The number of carbonyl (C=O) groups is 2. The zero-order valence-electron chi connectivity index (χ0n) is 11.1. The summed E-state index contributed by atoms with van der Waals surface area (Å²) in [7, 11) is 1.73. The Morgan fingerprint density at radius 3 is 2.35 bits per heavy atom. The highest BCUT2D eigenvalue weighted by atomic mass is 32.1. The van der Waals surface area contributed by atoms with Crippen LogP contribution < -0.4 is 16.2 Å². The van der Waals surface area contributed by atoms with E-state index in [1.807, 2.05) is 6.07 Å². The van der Waals surface area contributed by atoms with E-state index in [1.54, 1.807) is 38.2 Å². The van der Waals surface area contributed by atoms with Gasteiger partial charge in [-0.1, -0.05) is 29.5 Å².